The van der Waals surface area contributed by atoms with Gasteiger partial charge in [-0.05, 0) is 53.6 Å². The Bertz CT molecular complexity index is 1390. The standard InChI is InChI=1S/C30H34F3N5O4/c1-29(2,3)23(36-25(39)24(32)33)27(41)37-12-17-14-8-16(19(31)9-14)21(17)22(37)26(40)38-13-30(10-15(38)11-34)18-6-4-5-7-20(18)35-28(30)42/h4-7,14-17,19,21-24H,8-10,12-13H2,1-3H3,(H,35,42)(H,36,39). The molecule has 3 heterocycles. The van der Waals surface area contributed by atoms with Gasteiger partial charge in [0.25, 0.3) is 5.91 Å². The van der Waals surface area contributed by atoms with Crippen LogP contribution in [-0.2, 0) is 24.6 Å². The first-order valence-corrected chi connectivity index (χ1v) is 14.4. The Hall–Kier alpha value is -3.62. The van der Waals surface area contributed by atoms with Crippen LogP contribution in [0, 0.1) is 40.4 Å². The van der Waals surface area contributed by atoms with Gasteiger partial charge in [0.1, 0.15) is 24.3 Å². The highest BCUT2D eigenvalue weighted by molar-refractivity contribution is 6.07. The molecule has 2 bridgehead atoms. The molecular weight excluding hydrogens is 551 g/mol. The number of carbonyl (C=O) groups is 4. The van der Waals surface area contributed by atoms with Gasteiger partial charge in [-0.15, -0.1) is 0 Å². The van der Waals surface area contributed by atoms with E-state index in [0.29, 0.717) is 24.1 Å². The number of benzene rings is 1. The molecule has 2 saturated heterocycles. The first kappa shape index (κ1) is 28.5. The SMILES string of the molecule is CC(C)(C)C(NC(=O)C(F)F)C(=O)N1CC2C3CC(F)C(C3)C2C1C(=O)N1CC2(CC1C#N)C(=O)Nc1ccccc12. The number of rotatable bonds is 4. The van der Waals surface area contributed by atoms with Gasteiger partial charge in [-0.1, -0.05) is 39.0 Å². The maximum absolute atomic E-state index is 15.1. The maximum Gasteiger partial charge on any atom is 0.315 e. The number of carbonyl (C=O) groups excluding carboxylic acids is 4. The quantitative estimate of drug-likeness (QED) is 0.563. The fourth-order valence-electron chi connectivity index (χ4n) is 8.43. The van der Waals surface area contributed by atoms with Gasteiger partial charge in [0.2, 0.25) is 17.7 Å². The molecule has 4 fully saturated rings. The lowest BCUT2D eigenvalue weighted by Gasteiger charge is -2.38. The summed E-state index contributed by atoms with van der Waals surface area (Å²) in [5.74, 6) is -4.32. The minimum atomic E-state index is -3.33. The molecule has 2 aliphatic carbocycles. The summed E-state index contributed by atoms with van der Waals surface area (Å²) in [6.45, 7) is 4.93. The van der Waals surface area contributed by atoms with E-state index in [1.807, 2.05) is 0 Å². The van der Waals surface area contributed by atoms with E-state index >= 15 is 4.39 Å². The number of anilines is 1. The van der Waals surface area contributed by atoms with Crippen molar-refractivity contribution >= 4 is 29.3 Å². The van der Waals surface area contributed by atoms with Crippen LogP contribution in [0.3, 0.4) is 0 Å². The number of nitrogens with zero attached hydrogens (tertiary/aromatic N) is 3. The summed E-state index contributed by atoms with van der Waals surface area (Å²) in [5.41, 5.74) is -0.820. The summed E-state index contributed by atoms with van der Waals surface area (Å²) in [6, 6.07) is 5.79. The topological polar surface area (TPSA) is 123 Å². The molecule has 224 valence electrons. The minimum absolute atomic E-state index is 0.0315. The van der Waals surface area contributed by atoms with Crippen LogP contribution in [0.5, 0.6) is 0 Å². The highest BCUT2D eigenvalue weighted by Crippen LogP contribution is 2.59. The number of nitriles is 1. The smallest absolute Gasteiger partial charge is 0.315 e. The van der Waals surface area contributed by atoms with Crippen molar-refractivity contribution in [2.45, 2.75) is 76.2 Å². The summed E-state index contributed by atoms with van der Waals surface area (Å²) < 4.78 is 41.6. The molecule has 6 rings (SSSR count). The molecule has 12 heteroatoms. The van der Waals surface area contributed by atoms with Crippen LogP contribution in [0.1, 0.15) is 45.6 Å². The molecule has 1 spiro atoms. The van der Waals surface area contributed by atoms with E-state index in [4.69, 9.17) is 0 Å². The van der Waals surface area contributed by atoms with Crippen molar-refractivity contribution in [1.82, 2.24) is 15.1 Å². The van der Waals surface area contributed by atoms with Gasteiger partial charge in [-0.2, -0.15) is 14.0 Å². The van der Waals surface area contributed by atoms with Crippen molar-refractivity contribution in [3.8, 4) is 6.07 Å². The molecule has 3 aliphatic heterocycles. The van der Waals surface area contributed by atoms with Crippen molar-refractivity contribution < 1.29 is 32.3 Å². The average Bonchev–Trinajstić information content (AvgIpc) is 3.72. The molecule has 42 heavy (non-hydrogen) atoms. The molecule has 0 aromatic heterocycles. The lowest BCUT2D eigenvalue weighted by molar-refractivity contribution is -0.150. The molecule has 5 aliphatic rings. The fraction of sp³-hybridized carbons (Fsp3) is 0.633. The van der Waals surface area contributed by atoms with Crippen molar-refractivity contribution in [3.05, 3.63) is 29.8 Å². The number of hydrogen-bond donors (Lipinski definition) is 2. The van der Waals surface area contributed by atoms with Crippen molar-refractivity contribution in [3.63, 3.8) is 0 Å². The highest BCUT2D eigenvalue weighted by atomic mass is 19.3. The first-order valence-electron chi connectivity index (χ1n) is 14.4. The van der Waals surface area contributed by atoms with Gasteiger partial charge in [0, 0.05) is 25.2 Å². The number of nitrogens with one attached hydrogen (secondary N) is 2. The number of likely N-dealkylation sites (tertiary alicyclic amines) is 2. The number of amides is 4. The first-order chi connectivity index (χ1) is 19.8. The van der Waals surface area contributed by atoms with Gasteiger partial charge in [0.05, 0.1) is 11.5 Å². The average molecular weight is 586 g/mol. The fourth-order valence-corrected chi connectivity index (χ4v) is 8.43. The molecule has 1 aromatic carbocycles. The van der Waals surface area contributed by atoms with Crippen LogP contribution in [0.25, 0.3) is 0 Å². The van der Waals surface area contributed by atoms with Crippen molar-refractivity contribution in [1.29, 1.82) is 5.26 Å². The Kier molecular flexibility index (Phi) is 6.59. The Morgan fingerprint density at radius 3 is 2.52 bits per heavy atom. The zero-order valence-corrected chi connectivity index (χ0v) is 23.6. The van der Waals surface area contributed by atoms with Crippen LogP contribution >= 0.6 is 0 Å². The minimum Gasteiger partial charge on any atom is -0.339 e. The molecule has 1 aromatic rings. The van der Waals surface area contributed by atoms with E-state index in [-0.39, 0.29) is 37.3 Å². The maximum atomic E-state index is 15.1. The van der Waals surface area contributed by atoms with Gasteiger partial charge in [0.15, 0.2) is 0 Å². The van der Waals surface area contributed by atoms with Crippen LogP contribution in [0.4, 0.5) is 18.9 Å². The molecule has 2 saturated carbocycles. The van der Waals surface area contributed by atoms with Crippen LogP contribution in [-0.4, -0.2) is 77.2 Å². The van der Waals surface area contributed by atoms with Crippen molar-refractivity contribution in [2.24, 2.45) is 29.1 Å². The van der Waals surface area contributed by atoms with Gasteiger partial charge in [-0.3, -0.25) is 19.2 Å². The summed E-state index contributed by atoms with van der Waals surface area (Å²) in [7, 11) is 0. The van der Waals surface area contributed by atoms with Crippen molar-refractivity contribution in [2.75, 3.05) is 18.4 Å². The summed E-state index contributed by atoms with van der Waals surface area (Å²) in [6.07, 6.45) is -3.47. The number of alkyl halides is 3. The van der Waals surface area contributed by atoms with E-state index in [0.717, 1.165) is 0 Å². The second kappa shape index (κ2) is 9.71. The van der Waals surface area contributed by atoms with Crippen LogP contribution in [0.15, 0.2) is 24.3 Å². The second-order valence-corrected chi connectivity index (χ2v) is 13.6. The highest BCUT2D eigenvalue weighted by Gasteiger charge is 2.65. The van der Waals surface area contributed by atoms with E-state index < -0.39 is 71.1 Å². The Labute approximate surface area is 241 Å². The molecule has 4 amide bonds. The Morgan fingerprint density at radius 1 is 1.14 bits per heavy atom. The zero-order chi connectivity index (χ0) is 30.3. The number of halogens is 3. The predicted molar refractivity (Wildman–Crippen MR) is 143 cm³/mol. The third-order valence-corrected chi connectivity index (χ3v) is 10.3. The molecular formula is C30H34F3N5O4. The van der Waals surface area contributed by atoms with Gasteiger partial charge < -0.3 is 20.4 Å². The summed E-state index contributed by atoms with van der Waals surface area (Å²) in [5, 5.41) is 15.1. The number of para-hydroxylation sites is 1. The van der Waals surface area contributed by atoms with E-state index in [2.05, 4.69) is 16.7 Å². The van der Waals surface area contributed by atoms with Gasteiger partial charge >= 0.3 is 6.43 Å². The second-order valence-electron chi connectivity index (χ2n) is 13.6. The molecule has 0 radical (unpaired) electrons. The lowest BCUT2D eigenvalue weighted by Crippen LogP contribution is -2.60. The largest absolute Gasteiger partial charge is 0.339 e. The Morgan fingerprint density at radius 2 is 1.86 bits per heavy atom. The molecule has 2 N–H and O–H groups in total. The number of fused-ring (bicyclic) bond motifs is 7. The summed E-state index contributed by atoms with van der Waals surface area (Å²) >= 11 is 0. The molecule has 9 unspecified atom stereocenters. The van der Waals surface area contributed by atoms with E-state index in [9.17, 15) is 33.2 Å². The van der Waals surface area contributed by atoms with E-state index in [1.165, 1.54) is 9.80 Å². The van der Waals surface area contributed by atoms with Gasteiger partial charge in [-0.25, -0.2) is 4.39 Å². The van der Waals surface area contributed by atoms with E-state index in [1.54, 1.807) is 45.0 Å². The summed E-state index contributed by atoms with van der Waals surface area (Å²) in [4.78, 5) is 56.6. The monoisotopic (exact) mass is 585 g/mol. The number of hydrogen-bond acceptors (Lipinski definition) is 5. The third-order valence-electron chi connectivity index (χ3n) is 10.3. The predicted octanol–water partition coefficient (Wildman–Crippen LogP) is 2.62. The molecule has 9 atom stereocenters. The van der Waals surface area contributed by atoms with Crippen LogP contribution in [0.2, 0.25) is 0 Å². The zero-order valence-electron chi connectivity index (χ0n) is 23.6. The molecule has 9 nitrogen and oxygen atoms in total. The Balaban J connectivity index is 1.37. The lowest BCUT2D eigenvalue weighted by atomic mass is 9.77. The third kappa shape index (κ3) is 4.10. The normalized spacial score (nSPS) is 35.3. The van der Waals surface area contributed by atoms with Crippen LogP contribution < -0.4 is 10.6 Å².